The fourth-order valence-electron chi connectivity index (χ4n) is 3.73. The molecule has 1 unspecified atom stereocenters. The summed E-state index contributed by atoms with van der Waals surface area (Å²) >= 11 is 1.91. The van der Waals surface area contributed by atoms with Crippen LogP contribution in [-0.2, 0) is 9.53 Å². The summed E-state index contributed by atoms with van der Waals surface area (Å²) in [5.74, 6) is 3.67. The predicted molar refractivity (Wildman–Crippen MR) is 101 cm³/mol. The van der Waals surface area contributed by atoms with Gasteiger partial charge in [-0.05, 0) is 18.9 Å². The summed E-state index contributed by atoms with van der Waals surface area (Å²) in [4.78, 5) is 21.6. The Labute approximate surface area is 156 Å². The van der Waals surface area contributed by atoms with E-state index in [2.05, 4.69) is 16.0 Å². The van der Waals surface area contributed by atoms with Crippen LogP contribution in [-0.4, -0.2) is 75.8 Å². The van der Waals surface area contributed by atoms with E-state index < -0.39 is 6.10 Å². The highest BCUT2D eigenvalue weighted by atomic mass is 32.2. The molecule has 2 saturated heterocycles. The molecule has 3 aliphatic rings. The van der Waals surface area contributed by atoms with Crippen molar-refractivity contribution in [1.82, 2.24) is 19.5 Å². The van der Waals surface area contributed by atoms with Gasteiger partial charge in [-0.3, -0.25) is 4.79 Å². The van der Waals surface area contributed by atoms with E-state index in [1.807, 2.05) is 27.4 Å². The monoisotopic (exact) mass is 373 g/mol. The third kappa shape index (κ3) is 3.05. The molecule has 138 valence electrons. The summed E-state index contributed by atoms with van der Waals surface area (Å²) in [6, 6.07) is 2.16. The zero-order valence-corrected chi connectivity index (χ0v) is 15.5. The Kier molecular flexibility index (Phi) is 4.24. The molecule has 1 amide bonds. The van der Waals surface area contributed by atoms with Gasteiger partial charge in [-0.25, -0.2) is 9.50 Å². The summed E-state index contributed by atoms with van der Waals surface area (Å²) in [7, 11) is 0. The molecule has 7 nitrogen and oxygen atoms in total. The molecular formula is C18H23N5O2S. The van der Waals surface area contributed by atoms with Crippen LogP contribution in [0.4, 0.5) is 5.82 Å². The van der Waals surface area contributed by atoms with Crippen molar-refractivity contribution in [2.75, 3.05) is 49.2 Å². The first-order valence-corrected chi connectivity index (χ1v) is 10.5. The molecule has 1 saturated carbocycles. The van der Waals surface area contributed by atoms with Crippen LogP contribution in [0.1, 0.15) is 24.5 Å². The standard InChI is InChI=1S/C18H23N5O2S/c24-18(21-6-9-26-10-7-21)16-12-22(5-8-25-16)17-15-11-14(13-1-2-13)20-23(15)4-3-19-17/h3-4,11,13,16H,1-2,5-10,12H2. The van der Waals surface area contributed by atoms with Crippen molar-refractivity contribution in [2.24, 2.45) is 0 Å². The van der Waals surface area contributed by atoms with Crippen molar-refractivity contribution in [1.29, 1.82) is 0 Å². The molecule has 1 aliphatic carbocycles. The minimum absolute atomic E-state index is 0.120. The number of thioether (sulfide) groups is 1. The second-order valence-corrected chi connectivity index (χ2v) is 8.39. The lowest BCUT2D eigenvalue weighted by molar-refractivity contribution is -0.144. The zero-order valence-electron chi connectivity index (χ0n) is 14.7. The Hall–Kier alpha value is -1.80. The summed E-state index contributed by atoms with van der Waals surface area (Å²) in [5.41, 5.74) is 2.18. The minimum Gasteiger partial charge on any atom is -0.365 e. The quantitative estimate of drug-likeness (QED) is 0.810. The van der Waals surface area contributed by atoms with Gasteiger partial charge in [0.1, 0.15) is 5.52 Å². The number of fused-ring (bicyclic) bond motifs is 1. The van der Waals surface area contributed by atoms with E-state index in [0.29, 0.717) is 19.1 Å². The molecule has 26 heavy (non-hydrogen) atoms. The average Bonchev–Trinajstić information content (AvgIpc) is 3.46. The summed E-state index contributed by atoms with van der Waals surface area (Å²) in [5, 5.41) is 4.70. The maximum absolute atomic E-state index is 12.8. The fourth-order valence-corrected chi connectivity index (χ4v) is 4.63. The highest BCUT2D eigenvalue weighted by Gasteiger charge is 2.33. The second-order valence-electron chi connectivity index (χ2n) is 7.17. The topological polar surface area (TPSA) is 63.0 Å². The molecule has 0 radical (unpaired) electrons. The Bertz CT molecular complexity index is 815. The summed E-state index contributed by atoms with van der Waals surface area (Å²) in [6.45, 7) is 3.50. The molecule has 0 bridgehead atoms. The van der Waals surface area contributed by atoms with Crippen molar-refractivity contribution in [3.8, 4) is 0 Å². The van der Waals surface area contributed by atoms with Gasteiger partial charge in [-0.1, -0.05) is 0 Å². The largest absolute Gasteiger partial charge is 0.365 e. The number of nitrogens with zero attached hydrogens (tertiary/aromatic N) is 5. The summed E-state index contributed by atoms with van der Waals surface area (Å²) < 4.78 is 7.74. The number of aromatic nitrogens is 3. The molecule has 4 heterocycles. The van der Waals surface area contributed by atoms with Crippen molar-refractivity contribution < 1.29 is 9.53 Å². The maximum atomic E-state index is 12.8. The van der Waals surface area contributed by atoms with Gasteiger partial charge in [0.15, 0.2) is 11.9 Å². The second kappa shape index (κ2) is 6.74. The lowest BCUT2D eigenvalue weighted by atomic mass is 10.2. The van der Waals surface area contributed by atoms with Gasteiger partial charge in [0.05, 0.1) is 18.8 Å². The molecule has 2 aromatic heterocycles. The van der Waals surface area contributed by atoms with E-state index in [4.69, 9.17) is 9.84 Å². The van der Waals surface area contributed by atoms with Crippen LogP contribution in [0.25, 0.3) is 5.52 Å². The number of rotatable bonds is 3. The first kappa shape index (κ1) is 16.4. The first-order valence-electron chi connectivity index (χ1n) is 9.37. The third-order valence-electron chi connectivity index (χ3n) is 5.35. The van der Waals surface area contributed by atoms with Gasteiger partial charge in [-0.15, -0.1) is 0 Å². The van der Waals surface area contributed by atoms with Gasteiger partial charge >= 0.3 is 0 Å². The number of hydrogen-bond acceptors (Lipinski definition) is 6. The van der Waals surface area contributed by atoms with Crippen LogP contribution in [0.15, 0.2) is 18.5 Å². The highest BCUT2D eigenvalue weighted by molar-refractivity contribution is 7.99. The van der Waals surface area contributed by atoms with Gasteiger partial charge in [0.2, 0.25) is 0 Å². The number of ether oxygens (including phenoxy) is 1. The molecule has 2 aliphatic heterocycles. The number of carbonyl (C=O) groups is 1. The van der Waals surface area contributed by atoms with Crippen LogP contribution in [0.3, 0.4) is 0 Å². The van der Waals surface area contributed by atoms with E-state index >= 15 is 0 Å². The zero-order chi connectivity index (χ0) is 17.5. The molecule has 0 spiro atoms. The smallest absolute Gasteiger partial charge is 0.253 e. The van der Waals surface area contributed by atoms with Crippen LogP contribution >= 0.6 is 11.8 Å². The Balaban J connectivity index is 1.38. The molecule has 0 N–H and O–H groups in total. The van der Waals surface area contributed by atoms with E-state index in [1.165, 1.54) is 12.8 Å². The average molecular weight is 373 g/mol. The number of morpholine rings is 1. The third-order valence-corrected chi connectivity index (χ3v) is 6.29. The van der Waals surface area contributed by atoms with Crippen LogP contribution in [0.2, 0.25) is 0 Å². The van der Waals surface area contributed by atoms with E-state index in [0.717, 1.165) is 48.2 Å². The Morgan fingerprint density at radius 3 is 2.88 bits per heavy atom. The molecule has 1 atom stereocenters. The van der Waals surface area contributed by atoms with E-state index in [9.17, 15) is 4.79 Å². The van der Waals surface area contributed by atoms with E-state index in [-0.39, 0.29) is 5.91 Å². The van der Waals surface area contributed by atoms with Crippen molar-refractivity contribution in [2.45, 2.75) is 24.9 Å². The molecule has 3 fully saturated rings. The van der Waals surface area contributed by atoms with Gasteiger partial charge in [0, 0.05) is 49.5 Å². The molecule has 5 rings (SSSR count). The minimum atomic E-state index is -0.403. The Morgan fingerprint density at radius 1 is 1.23 bits per heavy atom. The number of anilines is 1. The highest BCUT2D eigenvalue weighted by Crippen LogP contribution is 2.40. The molecule has 8 heteroatoms. The van der Waals surface area contributed by atoms with Crippen molar-refractivity contribution >= 4 is 29.0 Å². The molecular weight excluding hydrogens is 350 g/mol. The number of hydrogen-bond donors (Lipinski definition) is 0. The van der Waals surface area contributed by atoms with Crippen LogP contribution < -0.4 is 4.90 Å². The van der Waals surface area contributed by atoms with Crippen LogP contribution in [0.5, 0.6) is 0 Å². The van der Waals surface area contributed by atoms with Crippen LogP contribution in [0, 0.1) is 0 Å². The predicted octanol–water partition coefficient (Wildman–Crippen LogP) is 1.39. The fraction of sp³-hybridized carbons (Fsp3) is 0.611. The molecule has 2 aromatic rings. The lowest BCUT2D eigenvalue weighted by Crippen LogP contribution is -2.53. The number of amides is 1. The maximum Gasteiger partial charge on any atom is 0.253 e. The summed E-state index contributed by atoms with van der Waals surface area (Å²) in [6.07, 6.45) is 5.75. The Morgan fingerprint density at radius 2 is 2.08 bits per heavy atom. The van der Waals surface area contributed by atoms with Gasteiger partial charge in [-0.2, -0.15) is 16.9 Å². The van der Waals surface area contributed by atoms with Gasteiger partial charge in [0.25, 0.3) is 5.91 Å². The van der Waals surface area contributed by atoms with Gasteiger partial charge < -0.3 is 14.5 Å². The van der Waals surface area contributed by atoms with Crippen molar-refractivity contribution in [3.63, 3.8) is 0 Å². The molecule has 0 aromatic carbocycles. The SMILES string of the molecule is O=C(C1CN(c2nccn3nc(C4CC4)cc23)CCO1)N1CCSCC1. The first-order chi connectivity index (χ1) is 12.8. The van der Waals surface area contributed by atoms with Crippen molar-refractivity contribution in [3.05, 3.63) is 24.2 Å². The van der Waals surface area contributed by atoms with E-state index in [1.54, 1.807) is 6.20 Å². The normalized spacial score (nSPS) is 24.2. The lowest BCUT2D eigenvalue weighted by Gasteiger charge is -2.36. The number of carbonyl (C=O) groups excluding carboxylic acids is 1.